The molecule has 0 spiro atoms. The number of hydrogen-bond acceptors (Lipinski definition) is 6. The normalized spacial score (nSPS) is 10.8. The van der Waals surface area contributed by atoms with Crippen molar-refractivity contribution in [3.8, 4) is 22.8 Å². The number of Topliss-reactive ketones (excluding diaryl/α,β-unsaturated/α-hetero) is 1. The molecule has 168 valence electrons. The molecule has 4 rings (SSSR count). The lowest BCUT2D eigenvalue weighted by atomic mass is 10.1. The van der Waals surface area contributed by atoms with Crippen LogP contribution in [0.25, 0.3) is 22.3 Å². The molecule has 0 aliphatic carbocycles. The fraction of sp³-hybridized carbons (Fsp3) is 0.154. The number of rotatable bonds is 8. The summed E-state index contributed by atoms with van der Waals surface area (Å²) in [6.45, 7) is 1.69. The number of halogens is 1. The van der Waals surface area contributed by atoms with Gasteiger partial charge >= 0.3 is 5.97 Å². The number of fused-ring (bicyclic) bond motifs is 1. The first-order chi connectivity index (χ1) is 16.0. The maximum atomic E-state index is 13.1. The van der Waals surface area contributed by atoms with E-state index in [2.05, 4.69) is 0 Å². The first-order valence-corrected chi connectivity index (χ1v) is 10.3. The number of furan rings is 1. The summed E-state index contributed by atoms with van der Waals surface area (Å²) in [4.78, 5) is 25.1. The van der Waals surface area contributed by atoms with Crippen molar-refractivity contribution in [2.75, 3.05) is 20.3 Å². The molecule has 0 saturated carbocycles. The van der Waals surface area contributed by atoms with E-state index in [1.165, 1.54) is 24.3 Å². The van der Waals surface area contributed by atoms with Crippen LogP contribution in [0.2, 0.25) is 0 Å². The Morgan fingerprint density at radius 1 is 0.939 bits per heavy atom. The second kappa shape index (κ2) is 9.56. The van der Waals surface area contributed by atoms with Crippen LogP contribution in [0.15, 0.2) is 71.1 Å². The van der Waals surface area contributed by atoms with E-state index in [0.717, 1.165) is 0 Å². The van der Waals surface area contributed by atoms with Crippen LogP contribution in [0, 0.1) is 5.82 Å². The summed E-state index contributed by atoms with van der Waals surface area (Å²) in [5.74, 6) is 0.177. The van der Waals surface area contributed by atoms with Crippen molar-refractivity contribution in [1.29, 1.82) is 0 Å². The summed E-state index contributed by atoms with van der Waals surface area (Å²) in [6.07, 6.45) is 0. The highest BCUT2D eigenvalue weighted by Crippen LogP contribution is 2.36. The Labute approximate surface area is 189 Å². The minimum absolute atomic E-state index is 0.204. The Kier molecular flexibility index (Phi) is 6.40. The molecule has 1 aromatic heterocycles. The van der Waals surface area contributed by atoms with Gasteiger partial charge in [0.25, 0.3) is 0 Å². The summed E-state index contributed by atoms with van der Waals surface area (Å²) in [5, 5.41) is 0.506. The van der Waals surface area contributed by atoms with Crippen molar-refractivity contribution in [3.05, 3.63) is 83.7 Å². The molecule has 7 heteroatoms. The molecule has 0 aliphatic heterocycles. The van der Waals surface area contributed by atoms with Gasteiger partial charge < -0.3 is 18.6 Å². The molecule has 0 N–H and O–H groups in total. The third kappa shape index (κ3) is 4.72. The molecule has 0 fully saturated rings. The summed E-state index contributed by atoms with van der Waals surface area (Å²) in [6, 6.07) is 17.3. The zero-order valence-corrected chi connectivity index (χ0v) is 18.1. The predicted octanol–water partition coefficient (Wildman–Crippen LogP) is 5.69. The van der Waals surface area contributed by atoms with Crippen LogP contribution in [0.5, 0.6) is 11.5 Å². The molecule has 0 bridgehead atoms. The van der Waals surface area contributed by atoms with Gasteiger partial charge in [-0.1, -0.05) is 0 Å². The topological polar surface area (TPSA) is 75.0 Å². The van der Waals surface area contributed by atoms with E-state index < -0.39 is 11.8 Å². The van der Waals surface area contributed by atoms with E-state index in [1.807, 2.05) is 0 Å². The summed E-state index contributed by atoms with van der Waals surface area (Å²) in [5.41, 5.74) is 1.77. The summed E-state index contributed by atoms with van der Waals surface area (Å²) >= 11 is 0. The quantitative estimate of drug-likeness (QED) is 0.255. The maximum absolute atomic E-state index is 13.1. The Balaban J connectivity index is 1.66. The fourth-order valence-electron chi connectivity index (χ4n) is 3.39. The molecule has 0 radical (unpaired) electrons. The zero-order valence-electron chi connectivity index (χ0n) is 18.1. The number of esters is 1. The molecule has 1 heterocycles. The lowest BCUT2D eigenvalue weighted by Gasteiger charge is -2.07. The largest absolute Gasteiger partial charge is 0.497 e. The molecule has 6 nitrogen and oxygen atoms in total. The van der Waals surface area contributed by atoms with Crippen LogP contribution in [-0.4, -0.2) is 32.1 Å². The van der Waals surface area contributed by atoms with Crippen LogP contribution in [0.3, 0.4) is 0 Å². The number of benzene rings is 3. The van der Waals surface area contributed by atoms with E-state index in [4.69, 9.17) is 18.6 Å². The summed E-state index contributed by atoms with van der Waals surface area (Å²) < 4.78 is 35.2. The van der Waals surface area contributed by atoms with E-state index in [9.17, 15) is 14.0 Å². The average molecular weight is 448 g/mol. The molecule has 0 unspecified atom stereocenters. The van der Waals surface area contributed by atoms with Gasteiger partial charge in [-0.2, -0.15) is 0 Å². The van der Waals surface area contributed by atoms with E-state index >= 15 is 0 Å². The highest BCUT2D eigenvalue weighted by Gasteiger charge is 2.24. The van der Waals surface area contributed by atoms with Crippen molar-refractivity contribution in [2.24, 2.45) is 0 Å². The van der Waals surface area contributed by atoms with Crippen LogP contribution in [0.1, 0.15) is 27.6 Å². The standard InChI is InChI=1S/C26H21FO6/c1-3-31-26(29)24-21-14-20(32-15-22(28)16-4-8-18(27)9-5-16)12-13-23(21)33-25(24)17-6-10-19(30-2)11-7-17/h4-14H,3,15H2,1-2H3. The van der Waals surface area contributed by atoms with Crippen molar-refractivity contribution in [3.63, 3.8) is 0 Å². The van der Waals surface area contributed by atoms with Gasteiger partial charge in [0.15, 0.2) is 12.4 Å². The van der Waals surface area contributed by atoms with Crippen LogP contribution < -0.4 is 9.47 Å². The fourth-order valence-corrected chi connectivity index (χ4v) is 3.39. The summed E-state index contributed by atoms with van der Waals surface area (Å²) in [7, 11) is 1.57. The zero-order chi connectivity index (χ0) is 23.4. The molecule has 0 atom stereocenters. The number of carbonyl (C=O) groups is 2. The minimum Gasteiger partial charge on any atom is -0.497 e. The highest BCUT2D eigenvalue weighted by atomic mass is 19.1. The molecule has 4 aromatic rings. The van der Waals surface area contributed by atoms with E-state index in [0.29, 0.717) is 39.4 Å². The molecular formula is C26H21FO6. The SMILES string of the molecule is CCOC(=O)c1c(-c2ccc(OC)cc2)oc2ccc(OCC(=O)c3ccc(F)cc3)cc12. The highest BCUT2D eigenvalue weighted by molar-refractivity contribution is 6.09. The van der Waals surface area contributed by atoms with Gasteiger partial charge in [-0.25, -0.2) is 9.18 Å². The van der Waals surface area contributed by atoms with Gasteiger partial charge in [0.2, 0.25) is 0 Å². The Hall–Kier alpha value is -4.13. The Morgan fingerprint density at radius 3 is 2.30 bits per heavy atom. The third-order valence-electron chi connectivity index (χ3n) is 5.03. The van der Waals surface area contributed by atoms with Crippen molar-refractivity contribution >= 4 is 22.7 Å². The maximum Gasteiger partial charge on any atom is 0.342 e. The number of hydrogen-bond donors (Lipinski definition) is 0. The lowest BCUT2D eigenvalue weighted by molar-refractivity contribution is 0.0528. The third-order valence-corrected chi connectivity index (χ3v) is 5.03. The smallest absolute Gasteiger partial charge is 0.342 e. The van der Waals surface area contributed by atoms with Crippen LogP contribution in [-0.2, 0) is 4.74 Å². The molecular weight excluding hydrogens is 427 g/mol. The van der Waals surface area contributed by atoms with Crippen molar-refractivity contribution < 1.29 is 32.6 Å². The van der Waals surface area contributed by atoms with Crippen LogP contribution in [0.4, 0.5) is 4.39 Å². The van der Waals surface area contributed by atoms with Gasteiger partial charge in [0.05, 0.1) is 13.7 Å². The van der Waals surface area contributed by atoms with Gasteiger partial charge in [-0.3, -0.25) is 4.79 Å². The molecule has 3 aromatic carbocycles. The average Bonchev–Trinajstić information content (AvgIpc) is 3.22. The first-order valence-electron chi connectivity index (χ1n) is 10.3. The molecule has 0 amide bonds. The molecule has 33 heavy (non-hydrogen) atoms. The monoisotopic (exact) mass is 448 g/mol. The van der Waals surface area contributed by atoms with Crippen LogP contribution >= 0.6 is 0 Å². The second-order valence-electron chi connectivity index (χ2n) is 7.13. The van der Waals surface area contributed by atoms with Gasteiger partial charge in [0.1, 0.15) is 34.2 Å². The van der Waals surface area contributed by atoms with Crippen molar-refractivity contribution in [1.82, 2.24) is 0 Å². The van der Waals surface area contributed by atoms with Gasteiger partial charge in [-0.05, 0) is 73.7 Å². The molecule has 0 aliphatic rings. The van der Waals surface area contributed by atoms with Gasteiger partial charge in [0, 0.05) is 16.5 Å². The number of ether oxygens (including phenoxy) is 3. The van der Waals surface area contributed by atoms with E-state index in [-0.39, 0.29) is 24.6 Å². The number of methoxy groups -OCH3 is 1. The minimum atomic E-state index is -0.526. The predicted molar refractivity (Wildman–Crippen MR) is 120 cm³/mol. The number of carbonyl (C=O) groups excluding carboxylic acids is 2. The molecule has 0 saturated heterocycles. The lowest BCUT2D eigenvalue weighted by Crippen LogP contribution is -2.11. The van der Waals surface area contributed by atoms with E-state index in [1.54, 1.807) is 56.5 Å². The number of ketones is 1. The Bertz CT molecular complexity index is 1290. The Morgan fingerprint density at radius 2 is 1.64 bits per heavy atom. The first kappa shape index (κ1) is 22.1. The van der Waals surface area contributed by atoms with Gasteiger partial charge in [-0.15, -0.1) is 0 Å². The van der Waals surface area contributed by atoms with Crippen molar-refractivity contribution in [2.45, 2.75) is 6.92 Å². The second-order valence-corrected chi connectivity index (χ2v) is 7.13.